The van der Waals surface area contributed by atoms with Gasteiger partial charge in [0.1, 0.15) is 0 Å². The van der Waals surface area contributed by atoms with Crippen LogP contribution in [0.5, 0.6) is 5.75 Å². The SMILES string of the molecule is CC(=N)Oc1cnc(C(F)(F)F)nc1. The number of nitrogens with zero attached hydrogens (tertiary/aromatic N) is 2. The molecule has 76 valence electrons. The highest BCUT2D eigenvalue weighted by Crippen LogP contribution is 2.26. The van der Waals surface area contributed by atoms with E-state index in [0.717, 1.165) is 12.4 Å². The van der Waals surface area contributed by atoms with Crippen LogP contribution in [0.4, 0.5) is 13.2 Å². The van der Waals surface area contributed by atoms with Gasteiger partial charge in [0.25, 0.3) is 0 Å². The molecule has 4 nitrogen and oxygen atoms in total. The highest BCUT2D eigenvalue weighted by atomic mass is 19.4. The zero-order valence-corrected chi connectivity index (χ0v) is 7.09. The summed E-state index contributed by atoms with van der Waals surface area (Å²) in [5, 5.41) is 6.91. The number of halogens is 3. The Morgan fingerprint density at radius 1 is 1.36 bits per heavy atom. The van der Waals surface area contributed by atoms with Crippen molar-refractivity contribution in [2.75, 3.05) is 0 Å². The second-order valence-corrected chi connectivity index (χ2v) is 2.40. The van der Waals surface area contributed by atoms with Crippen LogP contribution in [0.2, 0.25) is 0 Å². The Labute approximate surface area is 77.3 Å². The second-order valence-electron chi connectivity index (χ2n) is 2.40. The molecule has 1 N–H and O–H groups in total. The minimum Gasteiger partial charge on any atom is -0.441 e. The number of aromatic nitrogens is 2. The largest absolute Gasteiger partial charge is 0.451 e. The summed E-state index contributed by atoms with van der Waals surface area (Å²) in [6.07, 6.45) is -2.82. The number of alkyl halides is 3. The zero-order chi connectivity index (χ0) is 10.8. The summed E-state index contributed by atoms with van der Waals surface area (Å²) in [6, 6.07) is 0. The van der Waals surface area contributed by atoms with E-state index < -0.39 is 12.0 Å². The molecule has 0 aliphatic rings. The van der Waals surface area contributed by atoms with Crippen molar-refractivity contribution in [3.8, 4) is 5.75 Å². The molecule has 0 aromatic carbocycles. The van der Waals surface area contributed by atoms with Crippen LogP contribution in [0.25, 0.3) is 0 Å². The molecular formula is C7H6F3N3O. The number of hydrogen-bond donors (Lipinski definition) is 1. The van der Waals surface area contributed by atoms with Crippen molar-refractivity contribution in [3.63, 3.8) is 0 Å². The standard InChI is InChI=1S/C7H6F3N3O/c1-4(11)14-5-2-12-6(13-3-5)7(8,9)10/h2-3,11H,1H3. The Bertz CT molecular complexity index is 333. The summed E-state index contributed by atoms with van der Waals surface area (Å²) in [5.74, 6) is -1.37. The lowest BCUT2D eigenvalue weighted by Gasteiger charge is -2.05. The predicted molar refractivity (Wildman–Crippen MR) is 41.1 cm³/mol. The summed E-state index contributed by atoms with van der Waals surface area (Å²) in [7, 11) is 0. The molecular weight excluding hydrogens is 199 g/mol. The topological polar surface area (TPSA) is 58.9 Å². The quantitative estimate of drug-likeness (QED) is 0.562. The van der Waals surface area contributed by atoms with E-state index in [1.54, 1.807) is 0 Å². The average Bonchev–Trinajstić information content (AvgIpc) is 2.02. The molecule has 0 spiro atoms. The van der Waals surface area contributed by atoms with E-state index in [4.69, 9.17) is 5.41 Å². The van der Waals surface area contributed by atoms with Gasteiger partial charge in [-0.3, -0.25) is 5.41 Å². The van der Waals surface area contributed by atoms with Crippen LogP contribution in [0.1, 0.15) is 12.7 Å². The highest BCUT2D eigenvalue weighted by molar-refractivity contribution is 5.72. The lowest BCUT2D eigenvalue weighted by molar-refractivity contribution is -0.145. The number of ether oxygens (including phenoxy) is 1. The Morgan fingerprint density at radius 2 is 1.86 bits per heavy atom. The van der Waals surface area contributed by atoms with Crippen molar-refractivity contribution < 1.29 is 17.9 Å². The molecule has 1 aromatic rings. The first-order valence-corrected chi connectivity index (χ1v) is 3.52. The monoisotopic (exact) mass is 205 g/mol. The van der Waals surface area contributed by atoms with Crippen molar-refractivity contribution in [1.29, 1.82) is 5.41 Å². The molecule has 7 heteroatoms. The van der Waals surface area contributed by atoms with E-state index in [2.05, 4.69) is 14.7 Å². The molecule has 0 unspecified atom stereocenters. The smallest absolute Gasteiger partial charge is 0.441 e. The third kappa shape index (κ3) is 2.68. The van der Waals surface area contributed by atoms with Crippen LogP contribution in [0.15, 0.2) is 12.4 Å². The van der Waals surface area contributed by atoms with Crippen molar-refractivity contribution in [1.82, 2.24) is 9.97 Å². The van der Waals surface area contributed by atoms with Gasteiger partial charge in [-0.05, 0) is 0 Å². The normalized spacial score (nSPS) is 11.1. The summed E-state index contributed by atoms with van der Waals surface area (Å²) in [5.41, 5.74) is 0. The summed E-state index contributed by atoms with van der Waals surface area (Å²) < 4.78 is 40.6. The van der Waals surface area contributed by atoms with Gasteiger partial charge in [0.05, 0.1) is 12.4 Å². The number of rotatable bonds is 1. The molecule has 0 radical (unpaired) electrons. The van der Waals surface area contributed by atoms with Gasteiger partial charge >= 0.3 is 6.18 Å². The molecule has 0 atom stereocenters. The fourth-order valence-electron chi connectivity index (χ4n) is 0.692. The van der Waals surface area contributed by atoms with E-state index in [9.17, 15) is 13.2 Å². The maximum absolute atomic E-state index is 12.0. The lowest BCUT2D eigenvalue weighted by Crippen LogP contribution is -2.11. The second kappa shape index (κ2) is 3.60. The first-order valence-electron chi connectivity index (χ1n) is 3.52. The fourth-order valence-corrected chi connectivity index (χ4v) is 0.692. The van der Waals surface area contributed by atoms with E-state index in [1.165, 1.54) is 6.92 Å². The third-order valence-electron chi connectivity index (χ3n) is 1.15. The molecule has 0 saturated carbocycles. The Kier molecular flexibility index (Phi) is 2.68. The Hall–Kier alpha value is -1.66. The van der Waals surface area contributed by atoms with E-state index in [-0.39, 0.29) is 11.6 Å². The maximum atomic E-state index is 12.0. The van der Waals surface area contributed by atoms with Crippen LogP contribution < -0.4 is 4.74 Å². The van der Waals surface area contributed by atoms with Gasteiger partial charge in [0.15, 0.2) is 11.6 Å². The van der Waals surface area contributed by atoms with Crippen LogP contribution in [-0.2, 0) is 6.18 Å². The van der Waals surface area contributed by atoms with Crippen LogP contribution >= 0.6 is 0 Å². The molecule has 1 aromatic heterocycles. The van der Waals surface area contributed by atoms with Crippen LogP contribution in [0.3, 0.4) is 0 Å². The van der Waals surface area contributed by atoms with Crippen LogP contribution in [0, 0.1) is 5.41 Å². The number of hydrogen-bond acceptors (Lipinski definition) is 4. The molecule has 0 bridgehead atoms. The molecule has 14 heavy (non-hydrogen) atoms. The maximum Gasteiger partial charge on any atom is 0.451 e. The van der Waals surface area contributed by atoms with Gasteiger partial charge < -0.3 is 4.74 Å². The molecule has 0 amide bonds. The molecule has 1 rings (SSSR count). The summed E-state index contributed by atoms with van der Waals surface area (Å²) >= 11 is 0. The zero-order valence-electron chi connectivity index (χ0n) is 7.09. The predicted octanol–water partition coefficient (Wildman–Crippen LogP) is 1.87. The van der Waals surface area contributed by atoms with Gasteiger partial charge in [-0.25, -0.2) is 9.97 Å². The Morgan fingerprint density at radius 3 is 2.21 bits per heavy atom. The summed E-state index contributed by atoms with van der Waals surface area (Å²) in [6.45, 7) is 1.34. The molecule has 1 heterocycles. The number of nitrogens with one attached hydrogen (secondary N) is 1. The van der Waals surface area contributed by atoms with Gasteiger partial charge in [0, 0.05) is 6.92 Å². The molecule has 0 aliphatic heterocycles. The van der Waals surface area contributed by atoms with Gasteiger partial charge in [-0.15, -0.1) is 0 Å². The van der Waals surface area contributed by atoms with Crippen molar-refractivity contribution in [2.24, 2.45) is 0 Å². The van der Waals surface area contributed by atoms with E-state index in [0.29, 0.717) is 0 Å². The average molecular weight is 205 g/mol. The molecule has 0 saturated heterocycles. The van der Waals surface area contributed by atoms with Crippen LogP contribution in [-0.4, -0.2) is 15.9 Å². The van der Waals surface area contributed by atoms with Gasteiger partial charge in [0.2, 0.25) is 5.82 Å². The van der Waals surface area contributed by atoms with Crippen molar-refractivity contribution in [3.05, 3.63) is 18.2 Å². The minimum absolute atomic E-state index is 0.00509. The van der Waals surface area contributed by atoms with Crippen molar-refractivity contribution >= 4 is 5.90 Å². The Balaban J connectivity index is 2.84. The minimum atomic E-state index is -4.56. The molecule has 0 aliphatic carbocycles. The van der Waals surface area contributed by atoms with Crippen molar-refractivity contribution in [2.45, 2.75) is 13.1 Å². The van der Waals surface area contributed by atoms with E-state index in [1.807, 2.05) is 0 Å². The fraction of sp³-hybridized carbons (Fsp3) is 0.286. The summed E-state index contributed by atoms with van der Waals surface area (Å²) in [4.78, 5) is 6.09. The first-order chi connectivity index (χ1) is 6.39. The first kappa shape index (κ1) is 10.4. The molecule has 0 fully saturated rings. The lowest BCUT2D eigenvalue weighted by atomic mass is 10.5. The van der Waals surface area contributed by atoms with Gasteiger partial charge in [-0.2, -0.15) is 13.2 Å². The highest BCUT2D eigenvalue weighted by Gasteiger charge is 2.34. The third-order valence-corrected chi connectivity index (χ3v) is 1.15. The van der Waals surface area contributed by atoms with Gasteiger partial charge in [-0.1, -0.05) is 0 Å². The van der Waals surface area contributed by atoms with E-state index >= 15 is 0 Å².